The van der Waals surface area contributed by atoms with Crippen LogP contribution < -0.4 is 5.73 Å². The van der Waals surface area contributed by atoms with Crippen LogP contribution in [0.4, 0.5) is 5.69 Å². The van der Waals surface area contributed by atoms with Crippen LogP contribution in [-0.4, -0.2) is 17.0 Å². The molecular formula is C14H22N2. The molecule has 1 aromatic carbocycles. The molecule has 1 aromatic rings. The van der Waals surface area contributed by atoms with Gasteiger partial charge in [-0.25, -0.2) is 0 Å². The summed E-state index contributed by atoms with van der Waals surface area (Å²) in [5.74, 6) is 0. The largest absolute Gasteiger partial charge is 0.398 e. The Balaban J connectivity index is 2.11. The highest BCUT2D eigenvalue weighted by molar-refractivity contribution is 5.46. The number of piperidine rings is 1. The number of nitrogens with zero attached hydrogens (tertiary/aromatic N) is 1. The molecule has 2 rings (SSSR count). The first kappa shape index (κ1) is 11.5. The molecular weight excluding hydrogens is 196 g/mol. The lowest BCUT2D eigenvalue weighted by Crippen LogP contribution is -2.43. The molecule has 88 valence electrons. The van der Waals surface area contributed by atoms with Gasteiger partial charge in [0.2, 0.25) is 0 Å². The van der Waals surface area contributed by atoms with Crippen molar-refractivity contribution in [2.75, 3.05) is 5.73 Å². The van der Waals surface area contributed by atoms with Crippen LogP contribution in [0.5, 0.6) is 0 Å². The lowest BCUT2D eigenvalue weighted by molar-refractivity contribution is 0.0955. The minimum Gasteiger partial charge on any atom is -0.398 e. The maximum Gasteiger partial charge on any atom is 0.0359 e. The minimum absolute atomic E-state index is 0.684. The van der Waals surface area contributed by atoms with Crippen molar-refractivity contribution < 1.29 is 0 Å². The fraction of sp³-hybridized carbons (Fsp3) is 0.571. The molecule has 1 heterocycles. The molecule has 1 aliphatic rings. The summed E-state index contributed by atoms with van der Waals surface area (Å²) in [5.41, 5.74) is 8.19. The molecule has 16 heavy (non-hydrogen) atoms. The predicted molar refractivity (Wildman–Crippen MR) is 69.2 cm³/mol. The molecule has 1 aliphatic heterocycles. The molecule has 2 atom stereocenters. The molecule has 1 saturated heterocycles. The molecule has 2 nitrogen and oxygen atoms in total. The first-order chi connectivity index (χ1) is 7.68. The topological polar surface area (TPSA) is 29.3 Å². The van der Waals surface area contributed by atoms with Gasteiger partial charge in [-0.2, -0.15) is 0 Å². The van der Waals surface area contributed by atoms with E-state index >= 15 is 0 Å². The Labute approximate surface area is 98.4 Å². The van der Waals surface area contributed by atoms with E-state index in [0.717, 1.165) is 12.2 Å². The molecule has 0 spiro atoms. The number of anilines is 1. The quantitative estimate of drug-likeness (QED) is 0.773. The van der Waals surface area contributed by atoms with E-state index in [4.69, 9.17) is 5.73 Å². The summed E-state index contributed by atoms with van der Waals surface area (Å²) in [6, 6.07) is 9.58. The third-order valence-corrected chi connectivity index (χ3v) is 3.78. The van der Waals surface area contributed by atoms with Gasteiger partial charge in [0.05, 0.1) is 0 Å². The van der Waals surface area contributed by atoms with Gasteiger partial charge in [-0.1, -0.05) is 24.6 Å². The average molecular weight is 218 g/mol. The van der Waals surface area contributed by atoms with Crippen LogP contribution in [0.1, 0.15) is 38.7 Å². The highest BCUT2D eigenvalue weighted by Gasteiger charge is 2.24. The molecule has 2 heteroatoms. The van der Waals surface area contributed by atoms with E-state index in [0.29, 0.717) is 12.1 Å². The van der Waals surface area contributed by atoms with Gasteiger partial charge in [0, 0.05) is 24.3 Å². The van der Waals surface area contributed by atoms with E-state index in [-0.39, 0.29) is 0 Å². The summed E-state index contributed by atoms with van der Waals surface area (Å²) in [4.78, 5) is 2.58. The van der Waals surface area contributed by atoms with Crippen LogP contribution in [0.2, 0.25) is 0 Å². The monoisotopic (exact) mass is 218 g/mol. The SMILES string of the molecule is C[C@@H]1CCC[C@H](C)N1Cc1ccccc1N. The number of hydrogen-bond donors (Lipinski definition) is 1. The molecule has 0 radical (unpaired) electrons. The molecule has 0 unspecified atom stereocenters. The van der Waals surface area contributed by atoms with Crippen molar-refractivity contribution in [3.05, 3.63) is 29.8 Å². The number of benzene rings is 1. The second-order valence-electron chi connectivity index (χ2n) is 5.00. The second-order valence-corrected chi connectivity index (χ2v) is 5.00. The van der Waals surface area contributed by atoms with E-state index in [1.54, 1.807) is 0 Å². The van der Waals surface area contributed by atoms with Gasteiger partial charge in [-0.15, -0.1) is 0 Å². The van der Waals surface area contributed by atoms with E-state index in [1.165, 1.54) is 24.8 Å². The Kier molecular flexibility index (Phi) is 3.49. The standard InChI is InChI=1S/C14H22N2/c1-11-6-5-7-12(2)16(11)10-13-8-3-4-9-14(13)15/h3-4,8-9,11-12H,5-7,10,15H2,1-2H3/t11-,12+. The normalized spacial score (nSPS) is 26.9. The lowest BCUT2D eigenvalue weighted by atomic mass is 9.96. The van der Waals surface area contributed by atoms with Crippen LogP contribution >= 0.6 is 0 Å². The van der Waals surface area contributed by atoms with Crippen LogP contribution in [0.25, 0.3) is 0 Å². The van der Waals surface area contributed by atoms with Crippen molar-refractivity contribution >= 4 is 5.69 Å². The van der Waals surface area contributed by atoms with Crippen molar-refractivity contribution in [3.63, 3.8) is 0 Å². The summed E-state index contributed by atoms with van der Waals surface area (Å²) in [6.45, 7) is 5.65. The Morgan fingerprint density at radius 2 is 1.81 bits per heavy atom. The summed E-state index contributed by atoms with van der Waals surface area (Å²) in [7, 11) is 0. The number of nitrogens with two attached hydrogens (primary N) is 1. The van der Waals surface area contributed by atoms with Gasteiger partial charge in [0.1, 0.15) is 0 Å². The lowest BCUT2D eigenvalue weighted by Gasteiger charge is -2.39. The molecule has 0 amide bonds. The first-order valence-electron chi connectivity index (χ1n) is 6.27. The van der Waals surface area contributed by atoms with Crippen molar-refractivity contribution in [2.24, 2.45) is 0 Å². The van der Waals surface area contributed by atoms with Crippen molar-refractivity contribution in [1.82, 2.24) is 4.90 Å². The summed E-state index contributed by atoms with van der Waals surface area (Å²) < 4.78 is 0. The maximum absolute atomic E-state index is 6.00. The van der Waals surface area contributed by atoms with E-state index in [9.17, 15) is 0 Å². The van der Waals surface area contributed by atoms with Crippen LogP contribution in [0, 0.1) is 0 Å². The van der Waals surface area contributed by atoms with Gasteiger partial charge in [0.15, 0.2) is 0 Å². The summed E-state index contributed by atoms with van der Waals surface area (Å²) >= 11 is 0. The molecule has 0 aliphatic carbocycles. The van der Waals surface area contributed by atoms with E-state index < -0.39 is 0 Å². The number of para-hydroxylation sites is 1. The molecule has 0 aromatic heterocycles. The maximum atomic E-state index is 6.00. The van der Waals surface area contributed by atoms with Crippen molar-refractivity contribution in [3.8, 4) is 0 Å². The Hall–Kier alpha value is -1.02. The molecule has 1 fully saturated rings. The number of likely N-dealkylation sites (tertiary alicyclic amines) is 1. The van der Waals surface area contributed by atoms with Crippen LogP contribution in [-0.2, 0) is 6.54 Å². The van der Waals surface area contributed by atoms with Crippen molar-refractivity contribution in [1.29, 1.82) is 0 Å². The fourth-order valence-electron chi connectivity index (χ4n) is 2.66. The Morgan fingerprint density at radius 3 is 2.44 bits per heavy atom. The second kappa shape index (κ2) is 4.88. The zero-order valence-electron chi connectivity index (χ0n) is 10.3. The highest BCUT2D eigenvalue weighted by Crippen LogP contribution is 2.25. The number of nitrogen functional groups attached to an aromatic ring is 1. The fourth-order valence-corrected chi connectivity index (χ4v) is 2.66. The highest BCUT2D eigenvalue weighted by atomic mass is 15.2. The Bertz CT molecular complexity index is 338. The smallest absolute Gasteiger partial charge is 0.0359 e. The van der Waals surface area contributed by atoms with Gasteiger partial charge < -0.3 is 5.73 Å². The molecule has 2 N–H and O–H groups in total. The summed E-state index contributed by atoms with van der Waals surface area (Å²) in [5, 5.41) is 0. The average Bonchev–Trinajstić information content (AvgIpc) is 2.26. The van der Waals surface area contributed by atoms with Crippen molar-refractivity contribution in [2.45, 2.75) is 51.7 Å². The number of hydrogen-bond acceptors (Lipinski definition) is 2. The van der Waals surface area contributed by atoms with Crippen LogP contribution in [0.15, 0.2) is 24.3 Å². The van der Waals surface area contributed by atoms with Crippen LogP contribution in [0.3, 0.4) is 0 Å². The molecule has 0 bridgehead atoms. The Morgan fingerprint density at radius 1 is 1.19 bits per heavy atom. The summed E-state index contributed by atoms with van der Waals surface area (Å²) in [6.07, 6.45) is 4.00. The molecule has 0 saturated carbocycles. The first-order valence-corrected chi connectivity index (χ1v) is 6.27. The van der Waals surface area contributed by atoms with Gasteiger partial charge in [-0.3, -0.25) is 4.90 Å². The van der Waals surface area contributed by atoms with E-state index in [2.05, 4.69) is 30.9 Å². The zero-order chi connectivity index (χ0) is 11.5. The minimum atomic E-state index is 0.684. The zero-order valence-corrected chi connectivity index (χ0v) is 10.3. The third kappa shape index (κ3) is 2.38. The predicted octanol–water partition coefficient (Wildman–Crippen LogP) is 3.03. The number of rotatable bonds is 2. The third-order valence-electron chi connectivity index (χ3n) is 3.78. The van der Waals surface area contributed by atoms with E-state index in [1.807, 2.05) is 12.1 Å². The van der Waals surface area contributed by atoms with Gasteiger partial charge in [0.25, 0.3) is 0 Å². The van der Waals surface area contributed by atoms with Gasteiger partial charge >= 0.3 is 0 Å². The van der Waals surface area contributed by atoms with Gasteiger partial charge in [-0.05, 0) is 38.3 Å².